The molecule has 0 bridgehead atoms. The zero-order valence-electron chi connectivity index (χ0n) is 17.4. The highest BCUT2D eigenvalue weighted by Crippen LogP contribution is 2.34. The van der Waals surface area contributed by atoms with E-state index >= 15 is 0 Å². The van der Waals surface area contributed by atoms with E-state index in [9.17, 15) is 26.4 Å². The van der Waals surface area contributed by atoms with E-state index < -0.39 is 49.2 Å². The number of nitrogens with zero attached hydrogens (tertiary/aromatic N) is 3. The molecule has 1 fully saturated rings. The first-order valence-electron chi connectivity index (χ1n) is 9.74. The minimum atomic E-state index is -4.40. The third-order valence-corrected chi connectivity index (χ3v) is 6.91. The second kappa shape index (κ2) is 9.25. The maximum absolute atomic E-state index is 15.0. The van der Waals surface area contributed by atoms with Gasteiger partial charge in [0.2, 0.25) is 0 Å². The van der Waals surface area contributed by atoms with Crippen LogP contribution in [-0.2, 0) is 24.9 Å². The molecule has 1 aliphatic heterocycles. The van der Waals surface area contributed by atoms with Crippen LogP contribution in [0.2, 0.25) is 5.02 Å². The van der Waals surface area contributed by atoms with E-state index in [0.717, 1.165) is 6.20 Å². The smallest absolute Gasteiger partial charge is 0.409 e. The number of halogens is 5. The number of hydrogen-bond acceptors (Lipinski definition) is 6. The fourth-order valence-corrected chi connectivity index (χ4v) is 4.66. The average molecular weight is 538 g/mol. The minimum absolute atomic E-state index is 0.0283. The van der Waals surface area contributed by atoms with Gasteiger partial charge in [-0.05, 0) is 12.1 Å². The fourth-order valence-electron chi connectivity index (χ4n) is 3.75. The van der Waals surface area contributed by atoms with Crippen LogP contribution in [0.25, 0.3) is 16.9 Å². The van der Waals surface area contributed by atoms with Gasteiger partial charge in [0.25, 0.3) is 9.05 Å². The number of carbonyl (C=O) groups excluding carboxylic acids is 1. The van der Waals surface area contributed by atoms with E-state index in [1.165, 1.54) is 22.5 Å². The standard InChI is InChI=1S/C20H16Cl2F3N3O5S/c1-32-20(29)27-2-3-33-10(8-27)4-16-19(26-17-7-12(21)15(25)9-28(16)17)18-13(23)5-11(6-14(18)24)34(22,30)31/h5-7,9-10H,2-4,8H2,1H3/t10-/m0/s1. The third-order valence-electron chi connectivity index (χ3n) is 5.29. The molecule has 4 rings (SSSR count). The lowest BCUT2D eigenvalue weighted by atomic mass is 10.0. The number of pyridine rings is 1. The first kappa shape index (κ1) is 24.6. The summed E-state index contributed by atoms with van der Waals surface area (Å²) in [6.45, 7) is 0.561. The van der Waals surface area contributed by atoms with Crippen molar-refractivity contribution in [1.29, 1.82) is 0 Å². The van der Waals surface area contributed by atoms with Gasteiger partial charge in [0.05, 0.1) is 53.2 Å². The van der Waals surface area contributed by atoms with Gasteiger partial charge in [0.1, 0.15) is 17.3 Å². The molecule has 1 atom stereocenters. The summed E-state index contributed by atoms with van der Waals surface area (Å²) < 4.78 is 79.0. The van der Waals surface area contributed by atoms with Crippen LogP contribution >= 0.6 is 22.3 Å². The van der Waals surface area contributed by atoms with Crippen LogP contribution in [0.4, 0.5) is 18.0 Å². The Morgan fingerprint density at radius 1 is 1.24 bits per heavy atom. The van der Waals surface area contributed by atoms with Crippen molar-refractivity contribution < 1.29 is 35.9 Å². The van der Waals surface area contributed by atoms with Crippen molar-refractivity contribution in [2.24, 2.45) is 0 Å². The molecule has 0 aliphatic carbocycles. The van der Waals surface area contributed by atoms with Gasteiger partial charge >= 0.3 is 6.09 Å². The maximum atomic E-state index is 15.0. The molecule has 34 heavy (non-hydrogen) atoms. The van der Waals surface area contributed by atoms with Crippen molar-refractivity contribution in [3.8, 4) is 11.3 Å². The first-order chi connectivity index (χ1) is 16.0. The van der Waals surface area contributed by atoms with Crippen molar-refractivity contribution in [3.05, 3.63) is 52.6 Å². The maximum Gasteiger partial charge on any atom is 0.409 e. The number of benzene rings is 1. The Morgan fingerprint density at radius 2 is 1.91 bits per heavy atom. The molecule has 0 saturated carbocycles. The van der Waals surface area contributed by atoms with E-state index in [1.54, 1.807) is 0 Å². The summed E-state index contributed by atoms with van der Waals surface area (Å²) in [5, 5.41) is -0.258. The molecule has 14 heteroatoms. The Bertz CT molecular complexity index is 1380. The molecule has 3 heterocycles. The summed E-state index contributed by atoms with van der Waals surface area (Å²) in [5.74, 6) is -3.28. The number of ether oxygens (including phenoxy) is 2. The molecule has 8 nitrogen and oxygen atoms in total. The number of methoxy groups -OCH3 is 1. The molecule has 182 valence electrons. The van der Waals surface area contributed by atoms with Gasteiger partial charge in [-0.15, -0.1) is 0 Å². The lowest BCUT2D eigenvalue weighted by Crippen LogP contribution is -2.46. The Balaban J connectivity index is 1.85. The van der Waals surface area contributed by atoms with E-state index in [2.05, 4.69) is 4.98 Å². The molecule has 0 unspecified atom stereocenters. The van der Waals surface area contributed by atoms with Gasteiger partial charge in [-0.2, -0.15) is 0 Å². The largest absolute Gasteiger partial charge is 0.453 e. The molecule has 0 spiro atoms. The number of aromatic nitrogens is 2. The number of carbonyl (C=O) groups is 1. The SMILES string of the molecule is COC(=O)N1CCO[C@@H](Cc2c(-c3c(F)cc(S(=O)(=O)Cl)cc3F)nc3cc(Cl)c(F)cn23)C1. The van der Waals surface area contributed by atoms with Crippen LogP contribution in [0.15, 0.2) is 29.3 Å². The summed E-state index contributed by atoms with van der Waals surface area (Å²) in [5.41, 5.74) is -0.611. The summed E-state index contributed by atoms with van der Waals surface area (Å²) >= 11 is 5.85. The normalized spacial score (nSPS) is 16.8. The van der Waals surface area contributed by atoms with Crippen LogP contribution < -0.4 is 0 Å². The summed E-state index contributed by atoms with van der Waals surface area (Å²) in [4.78, 5) is 16.8. The monoisotopic (exact) mass is 537 g/mol. The van der Waals surface area contributed by atoms with Crippen LogP contribution in [0.3, 0.4) is 0 Å². The fraction of sp³-hybridized carbons (Fsp3) is 0.300. The number of amides is 1. The molecule has 0 radical (unpaired) electrons. The highest BCUT2D eigenvalue weighted by molar-refractivity contribution is 8.13. The lowest BCUT2D eigenvalue weighted by Gasteiger charge is -2.32. The van der Waals surface area contributed by atoms with Gasteiger partial charge in [0, 0.05) is 35.9 Å². The zero-order chi connectivity index (χ0) is 24.8. The van der Waals surface area contributed by atoms with Gasteiger partial charge in [-0.3, -0.25) is 0 Å². The number of imidazole rings is 1. The third kappa shape index (κ3) is 4.67. The summed E-state index contributed by atoms with van der Waals surface area (Å²) in [7, 11) is 2.05. The molecule has 1 amide bonds. The van der Waals surface area contributed by atoms with Crippen molar-refractivity contribution in [2.75, 3.05) is 26.8 Å². The molecular formula is C20H16Cl2F3N3O5S. The van der Waals surface area contributed by atoms with E-state index in [1.807, 2.05) is 0 Å². The second-order valence-electron chi connectivity index (χ2n) is 7.42. The molecule has 1 saturated heterocycles. The Kier molecular flexibility index (Phi) is 6.69. The first-order valence-corrected chi connectivity index (χ1v) is 12.4. The van der Waals surface area contributed by atoms with Crippen LogP contribution in [0.1, 0.15) is 5.69 Å². The number of morpholine rings is 1. The van der Waals surface area contributed by atoms with Gasteiger partial charge in [-0.25, -0.2) is 31.4 Å². The van der Waals surface area contributed by atoms with Crippen LogP contribution in [-0.4, -0.2) is 61.7 Å². The van der Waals surface area contributed by atoms with E-state index in [4.69, 9.17) is 31.8 Å². The van der Waals surface area contributed by atoms with Crippen molar-refractivity contribution in [2.45, 2.75) is 17.4 Å². The Labute approximate surface area is 201 Å². The summed E-state index contributed by atoms with van der Waals surface area (Å²) in [6.07, 6.45) is -0.226. The summed E-state index contributed by atoms with van der Waals surface area (Å²) in [6, 6.07) is 2.32. The van der Waals surface area contributed by atoms with Crippen molar-refractivity contribution in [3.63, 3.8) is 0 Å². The Hall–Kier alpha value is -2.54. The predicted molar refractivity (Wildman–Crippen MR) is 116 cm³/mol. The van der Waals surface area contributed by atoms with Crippen molar-refractivity contribution >= 4 is 43.1 Å². The molecule has 1 aromatic carbocycles. The van der Waals surface area contributed by atoms with Gasteiger partial charge in [0.15, 0.2) is 5.82 Å². The average Bonchev–Trinajstić information content (AvgIpc) is 3.09. The van der Waals surface area contributed by atoms with Gasteiger partial charge in [-0.1, -0.05) is 11.6 Å². The zero-order valence-corrected chi connectivity index (χ0v) is 19.7. The molecule has 2 aromatic heterocycles. The van der Waals surface area contributed by atoms with E-state index in [0.29, 0.717) is 12.1 Å². The molecule has 3 aromatic rings. The quantitative estimate of drug-likeness (QED) is 0.467. The number of rotatable bonds is 4. The Morgan fingerprint density at radius 3 is 2.53 bits per heavy atom. The minimum Gasteiger partial charge on any atom is -0.453 e. The number of hydrogen-bond donors (Lipinski definition) is 0. The highest BCUT2D eigenvalue weighted by atomic mass is 35.7. The predicted octanol–water partition coefficient (Wildman–Crippen LogP) is 4.01. The van der Waals surface area contributed by atoms with Crippen LogP contribution in [0.5, 0.6) is 0 Å². The molecule has 0 N–H and O–H groups in total. The number of fused-ring (bicyclic) bond motifs is 1. The van der Waals surface area contributed by atoms with Crippen LogP contribution in [0, 0.1) is 17.5 Å². The highest BCUT2D eigenvalue weighted by Gasteiger charge is 2.30. The molecular weight excluding hydrogens is 522 g/mol. The van der Waals surface area contributed by atoms with E-state index in [-0.39, 0.29) is 48.2 Å². The lowest BCUT2D eigenvalue weighted by molar-refractivity contribution is -0.0241. The second-order valence-corrected chi connectivity index (χ2v) is 10.4. The topological polar surface area (TPSA) is 90.2 Å². The van der Waals surface area contributed by atoms with Gasteiger partial charge < -0.3 is 18.8 Å². The van der Waals surface area contributed by atoms with Crippen molar-refractivity contribution in [1.82, 2.24) is 14.3 Å². The molecule has 1 aliphatic rings.